The van der Waals surface area contributed by atoms with Gasteiger partial charge >= 0.3 is 0 Å². The number of anilines is 1. The number of nitrogens with zero attached hydrogens (tertiary/aromatic N) is 3. The first kappa shape index (κ1) is 12.9. The summed E-state index contributed by atoms with van der Waals surface area (Å²) in [5.41, 5.74) is 2.14. The highest BCUT2D eigenvalue weighted by molar-refractivity contribution is 6.12. The molecule has 0 unspecified atom stereocenters. The lowest BCUT2D eigenvalue weighted by Crippen LogP contribution is -2.20. The molecule has 1 atom stereocenters. The van der Waals surface area contributed by atoms with Gasteiger partial charge in [0.25, 0.3) is 0 Å². The first-order chi connectivity index (χ1) is 9.65. The number of hydrogen-bond acceptors (Lipinski definition) is 5. The molecule has 1 aromatic rings. The number of aryl methyl sites for hydroxylation is 1. The first-order valence-corrected chi connectivity index (χ1v) is 6.65. The second-order valence-electron chi connectivity index (χ2n) is 4.98. The molecule has 1 saturated heterocycles. The maximum Gasteiger partial charge on any atom is 0.124 e. The Morgan fingerprint density at radius 1 is 1.55 bits per heavy atom. The summed E-state index contributed by atoms with van der Waals surface area (Å²) < 4.78 is 13.0. The number of aromatic nitrogens is 2. The highest BCUT2D eigenvalue weighted by Crippen LogP contribution is 2.28. The fourth-order valence-electron chi connectivity index (χ4n) is 2.45. The van der Waals surface area contributed by atoms with Crippen LogP contribution in [0.25, 0.3) is 0 Å². The van der Waals surface area contributed by atoms with Crippen molar-refractivity contribution in [1.82, 2.24) is 9.78 Å². The van der Waals surface area contributed by atoms with Gasteiger partial charge in [-0.3, -0.25) is 10.1 Å². The van der Waals surface area contributed by atoms with E-state index in [-0.39, 0.29) is 6.10 Å². The van der Waals surface area contributed by atoms with E-state index in [0.717, 1.165) is 30.2 Å². The summed E-state index contributed by atoms with van der Waals surface area (Å²) in [6, 6.07) is 0. The van der Waals surface area contributed by atoms with Crippen molar-refractivity contribution in [2.75, 3.05) is 18.1 Å². The molecule has 2 aliphatic heterocycles. The van der Waals surface area contributed by atoms with Gasteiger partial charge in [-0.05, 0) is 13.0 Å². The van der Waals surface area contributed by atoms with E-state index in [9.17, 15) is 0 Å². The van der Waals surface area contributed by atoms with Crippen molar-refractivity contribution in [3.05, 3.63) is 36.1 Å². The van der Waals surface area contributed by atoms with E-state index in [2.05, 4.69) is 5.10 Å². The number of nitrogens with one attached hydrogen (secondary N) is 1. The molecule has 6 nitrogen and oxygen atoms in total. The average molecular weight is 274 g/mol. The van der Waals surface area contributed by atoms with Crippen LogP contribution in [0, 0.1) is 5.41 Å². The van der Waals surface area contributed by atoms with Crippen molar-refractivity contribution >= 4 is 11.4 Å². The Balaban J connectivity index is 1.86. The Kier molecular flexibility index (Phi) is 3.31. The molecule has 0 spiro atoms. The molecule has 1 aromatic heterocycles. The van der Waals surface area contributed by atoms with Crippen molar-refractivity contribution in [2.24, 2.45) is 7.05 Å². The lowest BCUT2D eigenvalue weighted by Gasteiger charge is -2.21. The standard InChI is InChI=1S/C14H18N4O2/c1-10(20-12-4-6-19-9-12)14-13(15)3-5-18(14)11-7-16-17(2)8-11/h3,5,7-8,12,15H,4,6,9H2,1-2H3/b14-10-,15-13?/t12-/m1/s1. The number of allylic oxidation sites excluding steroid dienone is 2. The lowest BCUT2D eigenvalue weighted by atomic mass is 10.2. The van der Waals surface area contributed by atoms with Crippen LogP contribution in [0.15, 0.2) is 36.1 Å². The fraction of sp³-hybridized carbons (Fsp3) is 0.429. The molecular weight excluding hydrogens is 256 g/mol. The van der Waals surface area contributed by atoms with E-state index in [1.54, 1.807) is 17.0 Å². The summed E-state index contributed by atoms with van der Waals surface area (Å²) in [7, 11) is 1.87. The third-order valence-electron chi connectivity index (χ3n) is 3.42. The number of hydrogen-bond donors (Lipinski definition) is 1. The molecule has 3 rings (SSSR count). The summed E-state index contributed by atoms with van der Waals surface area (Å²) in [4.78, 5) is 1.93. The van der Waals surface area contributed by atoms with Gasteiger partial charge in [-0.25, -0.2) is 0 Å². The maximum absolute atomic E-state index is 8.07. The highest BCUT2D eigenvalue weighted by Gasteiger charge is 2.25. The molecule has 0 aliphatic carbocycles. The SMILES string of the molecule is C/C(O[C@@H]1CCOC1)=C1\C(=N)C=CN1c1cnn(C)c1. The Bertz CT molecular complexity index is 582. The van der Waals surface area contributed by atoms with Crippen molar-refractivity contribution < 1.29 is 9.47 Å². The van der Waals surface area contributed by atoms with Gasteiger partial charge < -0.3 is 14.4 Å². The first-order valence-electron chi connectivity index (χ1n) is 6.65. The zero-order valence-corrected chi connectivity index (χ0v) is 11.7. The minimum absolute atomic E-state index is 0.0895. The smallest absolute Gasteiger partial charge is 0.124 e. The molecular formula is C14H18N4O2. The monoisotopic (exact) mass is 274 g/mol. The van der Waals surface area contributed by atoms with Gasteiger partial charge in [0.2, 0.25) is 0 Å². The maximum atomic E-state index is 8.07. The van der Waals surface area contributed by atoms with Gasteiger partial charge in [0, 0.05) is 25.9 Å². The topological polar surface area (TPSA) is 63.4 Å². The van der Waals surface area contributed by atoms with Crippen LogP contribution in [0.1, 0.15) is 13.3 Å². The van der Waals surface area contributed by atoms with Gasteiger partial charge in [0.15, 0.2) is 0 Å². The normalized spacial score (nSPS) is 24.6. The third kappa shape index (κ3) is 2.34. The number of ether oxygens (including phenoxy) is 2. The number of rotatable bonds is 3. The average Bonchev–Trinajstić information content (AvgIpc) is 3.10. The van der Waals surface area contributed by atoms with Crippen LogP contribution >= 0.6 is 0 Å². The van der Waals surface area contributed by atoms with Crippen LogP contribution in [-0.4, -0.2) is 34.8 Å². The molecule has 2 aliphatic rings. The predicted octanol–water partition coefficient (Wildman–Crippen LogP) is 1.81. The third-order valence-corrected chi connectivity index (χ3v) is 3.42. The van der Waals surface area contributed by atoms with Crippen molar-refractivity contribution in [2.45, 2.75) is 19.4 Å². The van der Waals surface area contributed by atoms with Gasteiger partial charge in [-0.15, -0.1) is 0 Å². The minimum Gasteiger partial charge on any atom is -0.490 e. The molecule has 0 aromatic carbocycles. The summed E-state index contributed by atoms with van der Waals surface area (Å²) in [6.45, 7) is 3.27. The molecule has 0 amide bonds. The molecule has 106 valence electrons. The van der Waals surface area contributed by atoms with E-state index in [4.69, 9.17) is 14.9 Å². The van der Waals surface area contributed by atoms with Crippen LogP contribution in [0.4, 0.5) is 5.69 Å². The Labute approximate surface area is 117 Å². The van der Waals surface area contributed by atoms with E-state index in [1.807, 2.05) is 31.3 Å². The van der Waals surface area contributed by atoms with Crippen molar-refractivity contribution in [3.8, 4) is 0 Å². The molecule has 1 fully saturated rings. The summed E-state index contributed by atoms with van der Waals surface area (Å²) >= 11 is 0. The second-order valence-corrected chi connectivity index (χ2v) is 4.98. The minimum atomic E-state index is 0.0895. The molecule has 1 N–H and O–H groups in total. The zero-order valence-electron chi connectivity index (χ0n) is 11.7. The van der Waals surface area contributed by atoms with Crippen LogP contribution in [0.5, 0.6) is 0 Å². The molecule has 20 heavy (non-hydrogen) atoms. The predicted molar refractivity (Wildman–Crippen MR) is 75.6 cm³/mol. The molecule has 0 saturated carbocycles. The Morgan fingerprint density at radius 2 is 2.40 bits per heavy atom. The van der Waals surface area contributed by atoms with E-state index in [0.29, 0.717) is 12.3 Å². The van der Waals surface area contributed by atoms with E-state index < -0.39 is 0 Å². The van der Waals surface area contributed by atoms with Crippen LogP contribution in [0.3, 0.4) is 0 Å². The highest BCUT2D eigenvalue weighted by atomic mass is 16.5. The van der Waals surface area contributed by atoms with Crippen LogP contribution in [0.2, 0.25) is 0 Å². The van der Waals surface area contributed by atoms with Crippen LogP contribution < -0.4 is 4.90 Å². The molecule has 0 bridgehead atoms. The summed E-state index contributed by atoms with van der Waals surface area (Å²) in [6.07, 6.45) is 8.31. The van der Waals surface area contributed by atoms with Crippen LogP contribution in [-0.2, 0) is 16.5 Å². The summed E-state index contributed by atoms with van der Waals surface area (Å²) in [5, 5.41) is 12.2. The molecule has 6 heteroatoms. The van der Waals surface area contributed by atoms with Gasteiger partial charge in [-0.2, -0.15) is 5.10 Å². The summed E-state index contributed by atoms with van der Waals surface area (Å²) in [5.74, 6) is 0.749. The van der Waals surface area contributed by atoms with Gasteiger partial charge in [-0.1, -0.05) is 0 Å². The lowest BCUT2D eigenvalue weighted by molar-refractivity contribution is 0.0917. The molecule has 0 radical (unpaired) electrons. The fourth-order valence-corrected chi connectivity index (χ4v) is 2.45. The Morgan fingerprint density at radius 3 is 3.05 bits per heavy atom. The second kappa shape index (κ2) is 5.13. The zero-order chi connectivity index (χ0) is 14.1. The van der Waals surface area contributed by atoms with Gasteiger partial charge in [0.05, 0.1) is 30.8 Å². The largest absolute Gasteiger partial charge is 0.490 e. The van der Waals surface area contributed by atoms with Crippen molar-refractivity contribution in [3.63, 3.8) is 0 Å². The van der Waals surface area contributed by atoms with E-state index in [1.165, 1.54) is 0 Å². The molecule has 3 heterocycles. The quantitative estimate of drug-likeness (QED) is 0.854. The van der Waals surface area contributed by atoms with E-state index >= 15 is 0 Å². The van der Waals surface area contributed by atoms with Crippen molar-refractivity contribution in [1.29, 1.82) is 5.41 Å². The Hall–Kier alpha value is -2.08. The van der Waals surface area contributed by atoms with Gasteiger partial charge in [0.1, 0.15) is 17.6 Å².